The monoisotopic (exact) mass is 169 g/mol. The van der Waals surface area contributed by atoms with Gasteiger partial charge in [0.1, 0.15) is 17.2 Å². The summed E-state index contributed by atoms with van der Waals surface area (Å²) in [6.07, 6.45) is 0. The van der Waals surface area contributed by atoms with Crippen molar-refractivity contribution < 1.29 is 14.6 Å². The van der Waals surface area contributed by atoms with E-state index >= 15 is 0 Å². The molecule has 0 aromatic heterocycles. The van der Waals surface area contributed by atoms with E-state index in [0.717, 1.165) is 0 Å². The van der Waals surface area contributed by atoms with Gasteiger partial charge >= 0.3 is 0 Å². The largest absolute Gasteiger partial charge is 0.506 e. The van der Waals surface area contributed by atoms with Gasteiger partial charge < -0.3 is 20.3 Å². The van der Waals surface area contributed by atoms with Crippen molar-refractivity contribution in [2.75, 3.05) is 19.6 Å². The van der Waals surface area contributed by atoms with E-state index in [9.17, 15) is 0 Å². The molecular weight excluding hydrogens is 158 g/mol. The molecule has 0 saturated heterocycles. The fourth-order valence-corrected chi connectivity index (χ4v) is 0.781. The Morgan fingerprint density at radius 2 is 2.25 bits per heavy atom. The van der Waals surface area contributed by atoms with E-state index in [1.54, 1.807) is 12.1 Å². The average molecular weight is 169 g/mol. The smallest absolute Gasteiger partial charge is 0.188 e. The van der Waals surface area contributed by atoms with Crippen LogP contribution in [0.3, 0.4) is 0 Å². The number of rotatable bonds is 3. The lowest BCUT2D eigenvalue weighted by atomic mass is 10.3. The molecule has 0 heterocycles. The van der Waals surface area contributed by atoms with Crippen LogP contribution in [0.15, 0.2) is 18.2 Å². The van der Waals surface area contributed by atoms with Gasteiger partial charge in [-0.3, -0.25) is 0 Å². The van der Waals surface area contributed by atoms with Crippen molar-refractivity contribution in [3.05, 3.63) is 18.2 Å². The van der Waals surface area contributed by atoms with Crippen molar-refractivity contribution in [2.24, 2.45) is 0 Å². The number of aromatic hydroxyl groups is 1. The third-order valence-electron chi connectivity index (χ3n) is 1.38. The lowest BCUT2D eigenvalue weighted by Gasteiger charge is -2.07. The fourth-order valence-electron chi connectivity index (χ4n) is 0.781. The summed E-state index contributed by atoms with van der Waals surface area (Å²) in [4.78, 5) is 0. The predicted molar refractivity (Wildman–Crippen MR) is 45.0 cm³/mol. The van der Waals surface area contributed by atoms with Crippen LogP contribution in [0.4, 0.5) is 5.69 Å². The standard InChI is InChI=1S/C8H11NO3/c1-11-5-12-7-4-2-3-6(10)8(7)9/h2-4,10H,5,9H2,1H3. The van der Waals surface area contributed by atoms with Gasteiger partial charge in [0.15, 0.2) is 6.79 Å². The second-order valence-electron chi connectivity index (χ2n) is 2.24. The molecule has 1 rings (SSSR count). The number of phenols is 1. The first-order valence-electron chi connectivity index (χ1n) is 3.45. The van der Waals surface area contributed by atoms with Crippen LogP contribution in [0.25, 0.3) is 0 Å². The molecule has 3 N–H and O–H groups in total. The Kier molecular flexibility index (Phi) is 2.76. The summed E-state index contributed by atoms with van der Waals surface area (Å²) < 4.78 is 9.74. The number of nitrogens with two attached hydrogens (primary N) is 1. The van der Waals surface area contributed by atoms with E-state index in [-0.39, 0.29) is 18.2 Å². The summed E-state index contributed by atoms with van der Waals surface area (Å²) in [7, 11) is 1.51. The van der Waals surface area contributed by atoms with Gasteiger partial charge in [-0.2, -0.15) is 0 Å². The molecule has 0 aliphatic heterocycles. The summed E-state index contributed by atoms with van der Waals surface area (Å²) in [5.41, 5.74) is 5.72. The van der Waals surface area contributed by atoms with Gasteiger partial charge in [0.2, 0.25) is 0 Å². The minimum atomic E-state index is 0.0172. The van der Waals surface area contributed by atoms with Crippen LogP contribution in [-0.4, -0.2) is 19.0 Å². The Hall–Kier alpha value is -1.42. The minimum absolute atomic E-state index is 0.0172. The van der Waals surface area contributed by atoms with Crippen molar-refractivity contribution in [1.82, 2.24) is 0 Å². The first kappa shape index (κ1) is 8.67. The van der Waals surface area contributed by atoms with Crippen molar-refractivity contribution in [3.63, 3.8) is 0 Å². The molecule has 66 valence electrons. The average Bonchev–Trinajstić information content (AvgIpc) is 2.08. The number of methoxy groups -OCH3 is 1. The molecule has 0 radical (unpaired) electrons. The molecule has 4 heteroatoms. The molecule has 0 bridgehead atoms. The molecule has 1 aromatic carbocycles. The van der Waals surface area contributed by atoms with Crippen LogP contribution in [0.1, 0.15) is 0 Å². The van der Waals surface area contributed by atoms with Crippen molar-refractivity contribution in [1.29, 1.82) is 0 Å². The third-order valence-corrected chi connectivity index (χ3v) is 1.38. The minimum Gasteiger partial charge on any atom is -0.506 e. The molecule has 0 unspecified atom stereocenters. The second-order valence-corrected chi connectivity index (χ2v) is 2.24. The van der Waals surface area contributed by atoms with E-state index in [0.29, 0.717) is 5.75 Å². The van der Waals surface area contributed by atoms with Gasteiger partial charge in [-0.25, -0.2) is 0 Å². The van der Waals surface area contributed by atoms with Gasteiger partial charge in [0, 0.05) is 7.11 Å². The second kappa shape index (κ2) is 3.82. The maximum atomic E-state index is 9.15. The number of hydrogen-bond acceptors (Lipinski definition) is 4. The zero-order valence-electron chi connectivity index (χ0n) is 6.78. The number of nitrogen functional groups attached to an aromatic ring is 1. The molecule has 12 heavy (non-hydrogen) atoms. The molecule has 4 nitrogen and oxygen atoms in total. The normalized spacial score (nSPS) is 9.75. The van der Waals surface area contributed by atoms with Crippen LogP contribution in [0.2, 0.25) is 0 Å². The highest BCUT2D eigenvalue weighted by molar-refractivity contribution is 5.61. The highest BCUT2D eigenvalue weighted by Crippen LogP contribution is 2.29. The van der Waals surface area contributed by atoms with Gasteiger partial charge in [-0.05, 0) is 12.1 Å². The van der Waals surface area contributed by atoms with Crippen LogP contribution in [0.5, 0.6) is 11.5 Å². The van der Waals surface area contributed by atoms with E-state index in [1.165, 1.54) is 13.2 Å². The molecule has 0 spiro atoms. The summed E-state index contributed by atoms with van der Waals surface area (Å²) in [6, 6.07) is 4.81. The molecule has 0 saturated carbocycles. The summed E-state index contributed by atoms with van der Waals surface area (Å²) >= 11 is 0. The van der Waals surface area contributed by atoms with Crippen LogP contribution < -0.4 is 10.5 Å². The molecule has 0 amide bonds. The highest BCUT2D eigenvalue weighted by Gasteiger charge is 2.03. The molecule has 0 aliphatic carbocycles. The van der Waals surface area contributed by atoms with E-state index in [4.69, 9.17) is 15.6 Å². The Labute approximate surface area is 70.5 Å². The van der Waals surface area contributed by atoms with Crippen LogP contribution >= 0.6 is 0 Å². The lowest BCUT2D eigenvalue weighted by molar-refractivity contribution is 0.0515. The Balaban J connectivity index is 2.78. The number of hydrogen-bond donors (Lipinski definition) is 2. The third kappa shape index (κ3) is 1.79. The predicted octanol–water partition coefficient (Wildman–Crippen LogP) is 0.957. The van der Waals surface area contributed by atoms with Gasteiger partial charge in [-0.1, -0.05) is 6.07 Å². The van der Waals surface area contributed by atoms with Crippen molar-refractivity contribution in [3.8, 4) is 11.5 Å². The van der Waals surface area contributed by atoms with Crippen LogP contribution in [0, 0.1) is 0 Å². The first-order chi connectivity index (χ1) is 5.75. The van der Waals surface area contributed by atoms with Crippen LogP contribution in [-0.2, 0) is 4.74 Å². The first-order valence-corrected chi connectivity index (χ1v) is 3.45. The summed E-state index contributed by atoms with van der Waals surface area (Å²) in [5, 5.41) is 9.15. The molecule has 0 fully saturated rings. The maximum absolute atomic E-state index is 9.15. The van der Waals surface area contributed by atoms with Gasteiger partial charge in [0.25, 0.3) is 0 Å². The molecule has 0 aliphatic rings. The number of para-hydroxylation sites is 1. The maximum Gasteiger partial charge on any atom is 0.188 e. The quantitative estimate of drug-likeness (QED) is 0.402. The number of ether oxygens (including phenoxy) is 2. The zero-order valence-corrected chi connectivity index (χ0v) is 6.78. The van der Waals surface area contributed by atoms with Gasteiger partial charge in [0.05, 0.1) is 0 Å². The SMILES string of the molecule is COCOc1cccc(O)c1N. The summed E-state index contributed by atoms with van der Waals surface area (Å²) in [5.74, 6) is 0.445. The molecule has 1 aromatic rings. The highest BCUT2D eigenvalue weighted by atomic mass is 16.7. The lowest BCUT2D eigenvalue weighted by Crippen LogP contribution is -2.01. The van der Waals surface area contributed by atoms with E-state index in [1.807, 2.05) is 0 Å². The molecule has 0 atom stereocenters. The topological polar surface area (TPSA) is 64.7 Å². The number of phenolic OH excluding ortho intramolecular Hbond substituents is 1. The van der Waals surface area contributed by atoms with Crippen molar-refractivity contribution in [2.45, 2.75) is 0 Å². The Morgan fingerprint density at radius 1 is 1.50 bits per heavy atom. The summed E-state index contributed by atoms with van der Waals surface area (Å²) in [6.45, 7) is 0.119. The molecular formula is C8H11NO3. The number of benzene rings is 1. The fraction of sp³-hybridized carbons (Fsp3) is 0.250. The Bertz CT molecular complexity index is 262. The zero-order chi connectivity index (χ0) is 8.97. The van der Waals surface area contributed by atoms with Gasteiger partial charge in [-0.15, -0.1) is 0 Å². The number of anilines is 1. The van der Waals surface area contributed by atoms with E-state index in [2.05, 4.69) is 4.74 Å². The van der Waals surface area contributed by atoms with Crippen molar-refractivity contribution >= 4 is 5.69 Å². The Morgan fingerprint density at radius 3 is 2.92 bits per heavy atom. The van der Waals surface area contributed by atoms with E-state index < -0.39 is 0 Å².